The zero-order valence-electron chi connectivity index (χ0n) is 12.5. The van der Waals surface area contributed by atoms with E-state index in [2.05, 4.69) is 0 Å². The van der Waals surface area contributed by atoms with Gasteiger partial charge in [-0.1, -0.05) is 12.1 Å². The summed E-state index contributed by atoms with van der Waals surface area (Å²) in [6.45, 7) is 0. The van der Waals surface area contributed by atoms with Crippen molar-refractivity contribution in [2.45, 2.75) is 19.3 Å². The number of aryl methyl sites for hydroxylation is 1. The summed E-state index contributed by atoms with van der Waals surface area (Å²) in [6, 6.07) is 14.5. The number of ether oxygens (including phenoxy) is 1. The normalized spacial score (nSPS) is 13.0. The molecule has 0 bridgehead atoms. The number of hydrogen-bond acceptors (Lipinski definition) is 3. The van der Waals surface area contributed by atoms with E-state index in [9.17, 15) is 4.79 Å². The molecule has 0 saturated carbocycles. The van der Waals surface area contributed by atoms with E-state index >= 15 is 0 Å². The monoisotopic (exact) mass is 305 g/mol. The van der Waals surface area contributed by atoms with Crippen molar-refractivity contribution in [1.29, 1.82) is 0 Å². The van der Waals surface area contributed by atoms with Gasteiger partial charge in [-0.15, -0.1) is 0 Å². The van der Waals surface area contributed by atoms with Crippen molar-refractivity contribution in [1.82, 2.24) is 4.98 Å². The molecule has 0 amide bonds. The number of fused-ring (bicyclic) bond motifs is 2. The van der Waals surface area contributed by atoms with Crippen LogP contribution in [0, 0.1) is 0 Å². The lowest BCUT2D eigenvalue weighted by molar-refractivity contribution is 0.0697. The largest absolute Gasteiger partial charge is 0.478 e. The quantitative estimate of drug-likeness (QED) is 0.787. The summed E-state index contributed by atoms with van der Waals surface area (Å²) in [5, 5.41) is 9.98. The van der Waals surface area contributed by atoms with E-state index in [0.717, 1.165) is 41.6 Å². The third-order valence-electron chi connectivity index (χ3n) is 4.19. The Balaban J connectivity index is 1.80. The van der Waals surface area contributed by atoms with Crippen LogP contribution < -0.4 is 4.74 Å². The van der Waals surface area contributed by atoms with E-state index in [4.69, 9.17) is 14.8 Å². The standard InChI is InChI=1S/C19H15NO3/c21-19(22)12-8-10-13(11-9-12)23-18-14-4-1-2-6-16(14)20-17-7-3-5-15(17)18/h1-2,4,6,8-11H,3,5,7H2,(H,21,22). The van der Waals surface area contributed by atoms with Gasteiger partial charge < -0.3 is 9.84 Å². The lowest BCUT2D eigenvalue weighted by Crippen LogP contribution is -1.98. The summed E-state index contributed by atoms with van der Waals surface area (Å²) in [4.78, 5) is 15.7. The topological polar surface area (TPSA) is 59.4 Å². The molecule has 0 saturated heterocycles. The Labute approximate surface area is 133 Å². The van der Waals surface area contributed by atoms with Gasteiger partial charge in [-0.2, -0.15) is 0 Å². The number of para-hydroxylation sites is 1. The molecule has 2 aromatic carbocycles. The van der Waals surface area contributed by atoms with E-state index in [0.29, 0.717) is 5.75 Å². The molecule has 0 spiro atoms. The number of hydrogen-bond donors (Lipinski definition) is 1. The smallest absolute Gasteiger partial charge is 0.335 e. The highest BCUT2D eigenvalue weighted by molar-refractivity contribution is 5.88. The van der Waals surface area contributed by atoms with Crippen LogP contribution in [0.5, 0.6) is 11.5 Å². The fraction of sp³-hybridized carbons (Fsp3) is 0.158. The maximum atomic E-state index is 10.9. The van der Waals surface area contributed by atoms with Crippen molar-refractivity contribution < 1.29 is 14.6 Å². The van der Waals surface area contributed by atoms with Gasteiger partial charge in [0.05, 0.1) is 11.1 Å². The maximum absolute atomic E-state index is 10.9. The van der Waals surface area contributed by atoms with Gasteiger partial charge in [-0.3, -0.25) is 4.98 Å². The molecule has 0 fully saturated rings. The number of nitrogens with zero attached hydrogens (tertiary/aromatic N) is 1. The minimum absolute atomic E-state index is 0.252. The molecule has 1 aliphatic carbocycles. The fourth-order valence-electron chi connectivity index (χ4n) is 3.07. The van der Waals surface area contributed by atoms with E-state index in [1.54, 1.807) is 24.3 Å². The number of aromatic nitrogens is 1. The van der Waals surface area contributed by atoms with Gasteiger partial charge in [0.25, 0.3) is 0 Å². The van der Waals surface area contributed by atoms with Crippen LogP contribution in [0.15, 0.2) is 48.5 Å². The number of benzene rings is 2. The van der Waals surface area contributed by atoms with Gasteiger partial charge in [-0.05, 0) is 55.7 Å². The van der Waals surface area contributed by atoms with Crippen molar-refractivity contribution in [3.8, 4) is 11.5 Å². The third-order valence-corrected chi connectivity index (χ3v) is 4.19. The van der Waals surface area contributed by atoms with Gasteiger partial charge in [0.15, 0.2) is 0 Å². The number of carboxylic acid groups (broad SMARTS) is 1. The summed E-state index contributed by atoms with van der Waals surface area (Å²) in [6.07, 6.45) is 3.04. The Hall–Kier alpha value is -2.88. The molecule has 0 aliphatic heterocycles. The van der Waals surface area contributed by atoms with Crippen LogP contribution in [0.25, 0.3) is 10.9 Å². The summed E-state index contributed by atoms with van der Waals surface area (Å²) in [5.41, 5.74) is 3.47. The third kappa shape index (κ3) is 2.42. The average molecular weight is 305 g/mol. The van der Waals surface area contributed by atoms with Crippen LogP contribution in [0.2, 0.25) is 0 Å². The molecule has 1 aromatic heterocycles. The molecular weight excluding hydrogens is 290 g/mol. The SMILES string of the molecule is O=C(O)c1ccc(Oc2c3c(nc4ccccc24)CCC3)cc1. The Kier molecular flexibility index (Phi) is 3.23. The second-order valence-electron chi connectivity index (χ2n) is 5.67. The van der Waals surface area contributed by atoms with Crippen molar-refractivity contribution in [2.75, 3.05) is 0 Å². The number of carboxylic acids is 1. The molecule has 0 unspecified atom stereocenters. The maximum Gasteiger partial charge on any atom is 0.335 e. The predicted octanol–water partition coefficient (Wildman–Crippen LogP) is 4.21. The second-order valence-corrected chi connectivity index (χ2v) is 5.67. The van der Waals surface area contributed by atoms with Gasteiger partial charge in [0.1, 0.15) is 11.5 Å². The summed E-state index contributed by atoms with van der Waals surface area (Å²) >= 11 is 0. The first-order chi connectivity index (χ1) is 11.2. The highest BCUT2D eigenvalue weighted by Crippen LogP contribution is 2.38. The van der Waals surface area contributed by atoms with Crippen LogP contribution in [0.1, 0.15) is 28.0 Å². The minimum Gasteiger partial charge on any atom is -0.478 e. The van der Waals surface area contributed by atoms with E-state index < -0.39 is 5.97 Å². The van der Waals surface area contributed by atoms with Crippen LogP contribution in [0.3, 0.4) is 0 Å². The Morgan fingerprint density at radius 3 is 2.61 bits per heavy atom. The molecule has 23 heavy (non-hydrogen) atoms. The first-order valence-corrected chi connectivity index (χ1v) is 7.64. The highest BCUT2D eigenvalue weighted by atomic mass is 16.5. The lowest BCUT2D eigenvalue weighted by Gasteiger charge is -2.13. The van der Waals surface area contributed by atoms with E-state index in [1.165, 1.54) is 5.56 Å². The minimum atomic E-state index is -0.938. The molecule has 1 N–H and O–H groups in total. The molecule has 4 rings (SSSR count). The number of aromatic carboxylic acids is 1. The summed E-state index contributed by atoms with van der Waals surface area (Å²) < 4.78 is 6.14. The molecule has 1 aliphatic rings. The highest BCUT2D eigenvalue weighted by Gasteiger charge is 2.21. The Bertz CT molecular complexity index is 900. The molecule has 114 valence electrons. The number of carbonyl (C=O) groups is 1. The van der Waals surface area contributed by atoms with Gasteiger partial charge in [-0.25, -0.2) is 4.79 Å². The zero-order valence-corrected chi connectivity index (χ0v) is 12.5. The van der Waals surface area contributed by atoms with Crippen molar-refractivity contribution in [3.05, 3.63) is 65.4 Å². The lowest BCUT2D eigenvalue weighted by atomic mass is 10.1. The van der Waals surface area contributed by atoms with Crippen LogP contribution in [-0.4, -0.2) is 16.1 Å². The molecule has 4 nitrogen and oxygen atoms in total. The first kappa shape index (κ1) is 13.8. The molecule has 3 aromatic rings. The van der Waals surface area contributed by atoms with Crippen LogP contribution in [0.4, 0.5) is 0 Å². The summed E-state index contributed by atoms with van der Waals surface area (Å²) in [5.74, 6) is 0.554. The Morgan fingerprint density at radius 2 is 1.83 bits per heavy atom. The van der Waals surface area contributed by atoms with Crippen molar-refractivity contribution in [3.63, 3.8) is 0 Å². The molecule has 0 atom stereocenters. The van der Waals surface area contributed by atoms with E-state index in [-0.39, 0.29) is 5.56 Å². The first-order valence-electron chi connectivity index (χ1n) is 7.64. The van der Waals surface area contributed by atoms with Gasteiger partial charge >= 0.3 is 5.97 Å². The van der Waals surface area contributed by atoms with Crippen LogP contribution >= 0.6 is 0 Å². The van der Waals surface area contributed by atoms with Crippen molar-refractivity contribution >= 4 is 16.9 Å². The second kappa shape index (κ2) is 5.39. The van der Waals surface area contributed by atoms with Crippen LogP contribution in [-0.2, 0) is 12.8 Å². The molecular formula is C19H15NO3. The fourth-order valence-corrected chi connectivity index (χ4v) is 3.07. The van der Waals surface area contributed by atoms with Gasteiger partial charge in [0, 0.05) is 16.6 Å². The molecule has 4 heteroatoms. The number of pyridine rings is 1. The Morgan fingerprint density at radius 1 is 1.04 bits per heavy atom. The van der Waals surface area contributed by atoms with Gasteiger partial charge in [0.2, 0.25) is 0 Å². The zero-order chi connectivity index (χ0) is 15.8. The predicted molar refractivity (Wildman–Crippen MR) is 87.2 cm³/mol. The molecule has 1 heterocycles. The molecule has 0 radical (unpaired) electrons. The summed E-state index contributed by atoms with van der Waals surface area (Å²) in [7, 11) is 0. The number of rotatable bonds is 3. The average Bonchev–Trinajstić information content (AvgIpc) is 3.03. The van der Waals surface area contributed by atoms with E-state index in [1.807, 2.05) is 24.3 Å². The van der Waals surface area contributed by atoms with Crippen molar-refractivity contribution in [2.24, 2.45) is 0 Å².